The highest BCUT2D eigenvalue weighted by Gasteiger charge is 2.47. The number of nitrogens with zero attached hydrogens (tertiary/aromatic N) is 2. The molecular formula is C14H16F2N2. The SMILES string of the molecule is CN(C)C(c1cc(F)ccc1F)C1(C#N)CCC1. The lowest BCUT2D eigenvalue weighted by molar-refractivity contribution is 0.0721. The zero-order chi connectivity index (χ0) is 13.3. The fraction of sp³-hybridized carbons (Fsp3) is 0.500. The maximum atomic E-state index is 13.9. The predicted molar refractivity (Wildman–Crippen MR) is 64.7 cm³/mol. The van der Waals surface area contributed by atoms with Gasteiger partial charge in [0.25, 0.3) is 0 Å². The number of halogens is 2. The molecule has 1 aromatic rings. The Bertz CT molecular complexity index is 487. The molecule has 1 aromatic carbocycles. The second-order valence-corrected chi connectivity index (χ2v) is 5.15. The molecule has 2 nitrogen and oxygen atoms in total. The van der Waals surface area contributed by atoms with E-state index in [-0.39, 0.29) is 5.56 Å². The molecule has 0 amide bonds. The summed E-state index contributed by atoms with van der Waals surface area (Å²) in [6, 6.07) is 5.35. The fourth-order valence-electron chi connectivity index (χ4n) is 2.80. The maximum absolute atomic E-state index is 13.9. The lowest BCUT2D eigenvalue weighted by Gasteiger charge is -2.45. The third kappa shape index (κ3) is 1.99. The van der Waals surface area contributed by atoms with Crippen LogP contribution in [0.4, 0.5) is 8.78 Å². The molecule has 18 heavy (non-hydrogen) atoms. The second-order valence-electron chi connectivity index (χ2n) is 5.15. The fourth-order valence-corrected chi connectivity index (χ4v) is 2.80. The first kappa shape index (κ1) is 13.0. The van der Waals surface area contributed by atoms with Crippen LogP contribution in [0.2, 0.25) is 0 Å². The van der Waals surface area contributed by atoms with Gasteiger partial charge in [0.2, 0.25) is 0 Å². The molecule has 0 bridgehead atoms. The van der Waals surface area contributed by atoms with E-state index in [0.717, 1.165) is 31.4 Å². The molecule has 0 aromatic heterocycles. The Labute approximate surface area is 106 Å². The molecule has 1 saturated carbocycles. The van der Waals surface area contributed by atoms with E-state index in [1.54, 1.807) is 19.0 Å². The van der Waals surface area contributed by atoms with Crippen LogP contribution >= 0.6 is 0 Å². The molecule has 0 heterocycles. The molecule has 0 saturated heterocycles. The molecule has 1 fully saturated rings. The molecule has 1 atom stereocenters. The van der Waals surface area contributed by atoms with E-state index in [1.165, 1.54) is 6.07 Å². The average Bonchev–Trinajstić information content (AvgIpc) is 2.26. The van der Waals surface area contributed by atoms with Crippen LogP contribution in [-0.2, 0) is 0 Å². The van der Waals surface area contributed by atoms with Crippen LogP contribution < -0.4 is 0 Å². The van der Waals surface area contributed by atoms with Gasteiger partial charge >= 0.3 is 0 Å². The molecule has 4 heteroatoms. The van der Waals surface area contributed by atoms with Gasteiger partial charge in [-0.15, -0.1) is 0 Å². The van der Waals surface area contributed by atoms with Gasteiger partial charge in [-0.25, -0.2) is 8.78 Å². The molecule has 2 rings (SSSR count). The van der Waals surface area contributed by atoms with Crippen LogP contribution in [0, 0.1) is 28.4 Å². The number of hydrogen-bond acceptors (Lipinski definition) is 2. The van der Waals surface area contributed by atoms with Crippen LogP contribution in [-0.4, -0.2) is 19.0 Å². The summed E-state index contributed by atoms with van der Waals surface area (Å²) < 4.78 is 27.2. The summed E-state index contributed by atoms with van der Waals surface area (Å²) in [6.45, 7) is 0. The molecule has 96 valence electrons. The Hall–Kier alpha value is -1.47. The standard InChI is InChI=1S/C14H16F2N2/c1-18(2)13(14(9-17)6-3-7-14)11-8-10(15)4-5-12(11)16/h4-5,8,13H,3,6-7H2,1-2H3. The minimum Gasteiger partial charge on any atom is -0.301 e. The Kier molecular flexibility index (Phi) is 3.36. The Morgan fingerprint density at radius 1 is 1.33 bits per heavy atom. The van der Waals surface area contributed by atoms with E-state index in [0.29, 0.717) is 0 Å². The lowest BCUT2D eigenvalue weighted by atomic mass is 9.63. The molecular weight excluding hydrogens is 234 g/mol. The second kappa shape index (κ2) is 4.66. The van der Waals surface area contributed by atoms with Crippen LogP contribution in [0.15, 0.2) is 18.2 Å². The first-order valence-corrected chi connectivity index (χ1v) is 6.03. The Morgan fingerprint density at radius 2 is 2.00 bits per heavy atom. The normalized spacial score (nSPS) is 19.1. The van der Waals surface area contributed by atoms with E-state index in [4.69, 9.17) is 0 Å². The van der Waals surface area contributed by atoms with Crippen LogP contribution in [0.1, 0.15) is 30.9 Å². The van der Waals surface area contributed by atoms with Gasteiger partial charge in [-0.3, -0.25) is 0 Å². The third-order valence-electron chi connectivity index (χ3n) is 3.76. The molecule has 1 aliphatic carbocycles. The Balaban J connectivity index is 2.49. The highest BCUT2D eigenvalue weighted by atomic mass is 19.1. The van der Waals surface area contributed by atoms with Gasteiger partial charge in [-0.1, -0.05) is 6.42 Å². The minimum atomic E-state index is -0.585. The molecule has 0 N–H and O–H groups in total. The van der Waals surface area contributed by atoms with Crippen LogP contribution in [0.3, 0.4) is 0 Å². The monoisotopic (exact) mass is 250 g/mol. The van der Waals surface area contributed by atoms with Crippen molar-refractivity contribution in [1.29, 1.82) is 5.26 Å². The van der Waals surface area contributed by atoms with Gasteiger partial charge in [-0.2, -0.15) is 5.26 Å². The summed E-state index contributed by atoms with van der Waals surface area (Å²) in [7, 11) is 3.60. The molecule has 1 aliphatic rings. The quantitative estimate of drug-likeness (QED) is 0.823. The van der Waals surface area contributed by atoms with Crippen molar-refractivity contribution in [2.24, 2.45) is 5.41 Å². The topological polar surface area (TPSA) is 27.0 Å². The van der Waals surface area contributed by atoms with Gasteiger partial charge in [0.1, 0.15) is 11.6 Å². The molecule has 1 unspecified atom stereocenters. The van der Waals surface area contributed by atoms with E-state index in [9.17, 15) is 14.0 Å². The van der Waals surface area contributed by atoms with E-state index in [1.807, 2.05) is 0 Å². The summed E-state index contributed by atoms with van der Waals surface area (Å²) in [4.78, 5) is 1.81. The zero-order valence-corrected chi connectivity index (χ0v) is 10.6. The number of nitriles is 1. The van der Waals surface area contributed by atoms with Crippen molar-refractivity contribution in [3.05, 3.63) is 35.4 Å². The Morgan fingerprint density at radius 3 is 2.44 bits per heavy atom. The smallest absolute Gasteiger partial charge is 0.128 e. The summed E-state index contributed by atoms with van der Waals surface area (Å²) in [5.74, 6) is -0.915. The van der Waals surface area contributed by atoms with Crippen LogP contribution in [0.25, 0.3) is 0 Å². The first-order chi connectivity index (χ1) is 8.50. The predicted octanol–water partition coefficient (Wildman–Crippen LogP) is 3.26. The van der Waals surface area contributed by atoms with Crippen LogP contribution in [0.5, 0.6) is 0 Å². The van der Waals surface area contributed by atoms with Crippen molar-refractivity contribution in [2.75, 3.05) is 14.1 Å². The largest absolute Gasteiger partial charge is 0.301 e. The van der Waals surface area contributed by atoms with Gasteiger partial charge in [-0.05, 0) is 45.1 Å². The first-order valence-electron chi connectivity index (χ1n) is 6.03. The average molecular weight is 250 g/mol. The van der Waals surface area contributed by atoms with E-state index >= 15 is 0 Å². The third-order valence-corrected chi connectivity index (χ3v) is 3.76. The summed E-state index contributed by atoms with van der Waals surface area (Å²) in [6.07, 6.45) is 2.44. The van der Waals surface area contributed by atoms with E-state index in [2.05, 4.69) is 6.07 Å². The van der Waals surface area contributed by atoms with Gasteiger partial charge in [0.15, 0.2) is 0 Å². The van der Waals surface area contributed by atoms with Crippen molar-refractivity contribution in [3.8, 4) is 6.07 Å². The summed E-state index contributed by atoms with van der Waals surface area (Å²) >= 11 is 0. The van der Waals surface area contributed by atoms with Gasteiger partial charge < -0.3 is 4.90 Å². The van der Waals surface area contributed by atoms with Crippen molar-refractivity contribution in [3.63, 3.8) is 0 Å². The highest BCUT2D eigenvalue weighted by molar-refractivity contribution is 5.28. The molecule has 0 radical (unpaired) electrons. The highest BCUT2D eigenvalue weighted by Crippen LogP contribution is 2.52. The zero-order valence-electron chi connectivity index (χ0n) is 10.6. The maximum Gasteiger partial charge on any atom is 0.128 e. The minimum absolute atomic E-state index is 0.279. The number of rotatable bonds is 3. The summed E-state index contributed by atoms with van der Waals surface area (Å²) in [5, 5.41) is 9.38. The number of hydrogen-bond donors (Lipinski definition) is 0. The van der Waals surface area contributed by atoms with E-state index < -0.39 is 23.1 Å². The van der Waals surface area contributed by atoms with Crippen molar-refractivity contribution < 1.29 is 8.78 Å². The summed E-state index contributed by atoms with van der Waals surface area (Å²) in [5.41, 5.74) is -0.306. The molecule has 0 aliphatic heterocycles. The van der Waals surface area contributed by atoms with Gasteiger partial charge in [0, 0.05) is 5.56 Å². The van der Waals surface area contributed by atoms with Crippen molar-refractivity contribution in [1.82, 2.24) is 4.90 Å². The molecule has 0 spiro atoms. The lowest BCUT2D eigenvalue weighted by Crippen LogP contribution is -2.42. The number of benzene rings is 1. The van der Waals surface area contributed by atoms with Crippen molar-refractivity contribution >= 4 is 0 Å². The van der Waals surface area contributed by atoms with Crippen molar-refractivity contribution in [2.45, 2.75) is 25.3 Å². The van der Waals surface area contributed by atoms with Gasteiger partial charge in [0.05, 0.1) is 17.5 Å².